The third-order valence-corrected chi connectivity index (χ3v) is 5.38. The number of ether oxygens (including phenoxy) is 1. The molecule has 0 spiro atoms. The van der Waals surface area contributed by atoms with E-state index in [1.54, 1.807) is 4.90 Å². The summed E-state index contributed by atoms with van der Waals surface area (Å²) in [5.74, 6) is 0.325. The summed E-state index contributed by atoms with van der Waals surface area (Å²) in [4.78, 5) is 28.0. The van der Waals surface area contributed by atoms with Crippen molar-refractivity contribution in [1.29, 1.82) is 0 Å². The summed E-state index contributed by atoms with van der Waals surface area (Å²) < 4.78 is 6.51. The van der Waals surface area contributed by atoms with Crippen molar-refractivity contribution < 1.29 is 14.5 Å². The molecule has 138 valence electrons. The zero-order chi connectivity index (χ0) is 19.0. The van der Waals surface area contributed by atoms with Crippen LogP contribution in [-0.4, -0.2) is 33.9 Å². The highest BCUT2D eigenvalue weighted by Crippen LogP contribution is 2.31. The molecule has 7 nitrogen and oxygen atoms in total. The lowest BCUT2D eigenvalue weighted by Gasteiger charge is -2.27. The topological polar surface area (TPSA) is 88.5 Å². The summed E-state index contributed by atoms with van der Waals surface area (Å²) in [5.41, 5.74) is 3.35. The predicted octanol–water partition coefficient (Wildman–Crippen LogP) is 3.80. The van der Waals surface area contributed by atoms with Gasteiger partial charge in [-0.25, -0.2) is 0 Å². The fourth-order valence-corrected chi connectivity index (χ4v) is 3.78. The van der Waals surface area contributed by atoms with Crippen LogP contribution < -0.4 is 4.74 Å². The number of nitro groups is 1. The van der Waals surface area contributed by atoms with Crippen LogP contribution >= 0.6 is 15.9 Å². The summed E-state index contributed by atoms with van der Waals surface area (Å²) in [6.45, 7) is 1.06. The van der Waals surface area contributed by atoms with Crippen LogP contribution in [0.3, 0.4) is 0 Å². The average Bonchev–Trinajstić information content (AvgIpc) is 3.06. The Bertz CT molecular complexity index is 1030. The Balaban J connectivity index is 1.44. The van der Waals surface area contributed by atoms with Crippen molar-refractivity contribution in [2.75, 3.05) is 13.2 Å². The highest BCUT2D eigenvalue weighted by atomic mass is 79.9. The SMILES string of the molecule is O=C(COc1ccc([N+](=O)[O-])cc1)N1CCc2[nH]c3c(Br)cccc3c2C1. The second-order valence-corrected chi connectivity index (χ2v) is 7.20. The van der Waals surface area contributed by atoms with Crippen molar-refractivity contribution in [2.45, 2.75) is 13.0 Å². The molecule has 2 heterocycles. The summed E-state index contributed by atoms with van der Waals surface area (Å²) in [6.07, 6.45) is 0.764. The van der Waals surface area contributed by atoms with Crippen LogP contribution in [0.5, 0.6) is 5.75 Å². The van der Waals surface area contributed by atoms with Gasteiger partial charge in [-0.2, -0.15) is 0 Å². The molecule has 1 aliphatic rings. The van der Waals surface area contributed by atoms with Crippen molar-refractivity contribution in [3.05, 3.63) is 68.3 Å². The van der Waals surface area contributed by atoms with E-state index in [1.165, 1.54) is 24.3 Å². The number of carbonyl (C=O) groups excluding carboxylic acids is 1. The Morgan fingerprint density at radius 3 is 2.78 bits per heavy atom. The minimum absolute atomic E-state index is 0.0114. The van der Waals surface area contributed by atoms with Crippen LogP contribution in [0.1, 0.15) is 11.3 Å². The number of hydrogen-bond donors (Lipinski definition) is 1. The number of carbonyl (C=O) groups is 1. The lowest BCUT2D eigenvalue weighted by atomic mass is 10.0. The lowest BCUT2D eigenvalue weighted by molar-refractivity contribution is -0.384. The number of aromatic amines is 1. The Kier molecular flexibility index (Phi) is 4.57. The van der Waals surface area contributed by atoms with Crippen LogP contribution in [0.15, 0.2) is 46.9 Å². The minimum Gasteiger partial charge on any atom is -0.484 e. The molecule has 0 saturated heterocycles. The lowest BCUT2D eigenvalue weighted by Crippen LogP contribution is -2.38. The molecule has 0 atom stereocenters. The summed E-state index contributed by atoms with van der Waals surface area (Å²) in [5, 5.41) is 11.8. The standard InChI is InChI=1S/C19H16BrN3O4/c20-16-3-1-2-14-15-10-22(9-8-17(15)21-19(14)16)18(24)11-27-13-6-4-12(5-7-13)23(25)26/h1-7,21H,8-11H2. The molecule has 3 aromatic rings. The van der Waals surface area contributed by atoms with Gasteiger partial charge in [-0.1, -0.05) is 12.1 Å². The Hall–Kier alpha value is -2.87. The Morgan fingerprint density at radius 2 is 2.04 bits per heavy atom. The smallest absolute Gasteiger partial charge is 0.269 e. The molecule has 0 fully saturated rings. The zero-order valence-electron chi connectivity index (χ0n) is 14.3. The van der Waals surface area contributed by atoms with Gasteiger partial charge in [0.05, 0.1) is 10.4 Å². The number of para-hydroxylation sites is 1. The largest absolute Gasteiger partial charge is 0.484 e. The van der Waals surface area contributed by atoms with Gasteiger partial charge in [0.2, 0.25) is 0 Å². The fraction of sp³-hybridized carbons (Fsp3) is 0.211. The maximum Gasteiger partial charge on any atom is 0.269 e. The first-order chi connectivity index (χ1) is 13.0. The molecule has 4 rings (SSSR count). The van der Waals surface area contributed by atoms with Gasteiger partial charge >= 0.3 is 0 Å². The number of aromatic nitrogens is 1. The number of halogens is 1. The van der Waals surface area contributed by atoms with Crippen molar-refractivity contribution in [3.63, 3.8) is 0 Å². The number of nitrogens with one attached hydrogen (secondary N) is 1. The maximum atomic E-state index is 12.6. The van der Waals surface area contributed by atoms with Crippen molar-refractivity contribution >= 4 is 38.4 Å². The molecule has 27 heavy (non-hydrogen) atoms. The Morgan fingerprint density at radius 1 is 1.26 bits per heavy atom. The summed E-state index contributed by atoms with van der Waals surface area (Å²) >= 11 is 3.56. The molecule has 0 saturated carbocycles. The van der Waals surface area contributed by atoms with Crippen LogP contribution in [0.25, 0.3) is 10.9 Å². The Labute approximate surface area is 163 Å². The quantitative estimate of drug-likeness (QED) is 0.504. The molecule has 0 bridgehead atoms. The molecule has 0 aliphatic carbocycles. The molecule has 1 aromatic heterocycles. The first-order valence-electron chi connectivity index (χ1n) is 8.46. The number of rotatable bonds is 4. The number of H-pyrrole nitrogens is 1. The second-order valence-electron chi connectivity index (χ2n) is 6.35. The average molecular weight is 430 g/mol. The molecule has 0 radical (unpaired) electrons. The number of fused-ring (bicyclic) bond motifs is 3. The summed E-state index contributed by atoms with van der Waals surface area (Å²) in [7, 11) is 0. The first-order valence-corrected chi connectivity index (χ1v) is 9.25. The first kappa shape index (κ1) is 17.5. The molecule has 8 heteroatoms. The molecular weight excluding hydrogens is 414 g/mol. The van der Waals surface area contributed by atoms with E-state index in [2.05, 4.69) is 27.0 Å². The van der Waals surface area contributed by atoms with Gasteiger partial charge in [0, 0.05) is 52.8 Å². The van der Waals surface area contributed by atoms with E-state index in [4.69, 9.17) is 4.74 Å². The number of amides is 1. The monoisotopic (exact) mass is 429 g/mol. The van der Waals surface area contributed by atoms with E-state index in [1.807, 2.05) is 12.1 Å². The summed E-state index contributed by atoms with van der Waals surface area (Å²) in [6, 6.07) is 11.7. The molecule has 2 aromatic carbocycles. The van der Waals surface area contributed by atoms with Crippen molar-refractivity contribution in [2.24, 2.45) is 0 Å². The normalized spacial score (nSPS) is 13.4. The van der Waals surface area contributed by atoms with E-state index in [9.17, 15) is 14.9 Å². The van der Waals surface area contributed by atoms with Crippen molar-refractivity contribution in [3.8, 4) is 5.75 Å². The van der Waals surface area contributed by atoms with Crippen LogP contribution in [0, 0.1) is 10.1 Å². The minimum atomic E-state index is -0.472. The third kappa shape index (κ3) is 3.40. The van der Waals surface area contributed by atoms with Gasteiger partial charge in [-0.05, 0) is 34.1 Å². The van der Waals surface area contributed by atoms with Gasteiger partial charge in [-0.3, -0.25) is 14.9 Å². The van der Waals surface area contributed by atoms with Gasteiger partial charge in [0.1, 0.15) is 5.75 Å². The van der Waals surface area contributed by atoms with Gasteiger partial charge < -0.3 is 14.6 Å². The third-order valence-electron chi connectivity index (χ3n) is 4.72. The highest BCUT2D eigenvalue weighted by Gasteiger charge is 2.24. The molecule has 0 unspecified atom stereocenters. The predicted molar refractivity (Wildman–Crippen MR) is 104 cm³/mol. The van der Waals surface area contributed by atoms with Gasteiger partial charge in [0.25, 0.3) is 11.6 Å². The van der Waals surface area contributed by atoms with E-state index in [0.717, 1.165) is 33.1 Å². The number of nitro benzene ring substituents is 1. The van der Waals surface area contributed by atoms with E-state index in [-0.39, 0.29) is 18.2 Å². The number of non-ortho nitro benzene ring substituents is 1. The molecule has 1 amide bonds. The van der Waals surface area contributed by atoms with E-state index < -0.39 is 4.92 Å². The number of nitrogens with zero attached hydrogens (tertiary/aromatic N) is 2. The van der Waals surface area contributed by atoms with E-state index in [0.29, 0.717) is 18.8 Å². The fourth-order valence-electron chi connectivity index (χ4n) is 3.32. The van der Waals surface area contributed by atoms with Crippen LogP contribution in [0.4, 0.5) is 5.69 Å². The number of benzene rings is 2. The highest BCUT2D eigenvalue weighted by molar-refractivity contribution is 9.10. The van der Waals surface area contributed by atoms with Gasteiger partial charge in [0.15, 0.2) is 6.61 Å². The molecule has 1 N–H and O–H groups in total. The van der Waals surface area contributed by atoms with Crippen LogP contribution in [0.2, 0.25) is 0 Å². The molecular formula is C19H16BrN3O4. The van der Waals surface area contributed by atoms with Gasteiger partial charge in [-0.15, -0.1) is 0 Å². The van der Waals surface area contributed by atoms with E-state index >= 15 is 0 Å². The molecule has 1 aliphatic heterocycles. The second kappa shape index (κ2) is 7.03. The zero-order valence-corrected chi connectivity index (χ0v) is 15.9. The number of hydrogen-bond acceptors (Lipinski definition) is 4. The van der Waals surface area contributed by atoms with Crippen molar-refractivity contribution in [1.82, 2.24) is 9.88 Å². The van der Waals surface area contributed by atoms with Crippen LogP contribution in [-0.2, 0) is 17.8 Å². The maximum absolute atomic E-state index is 12.6.